The SMILES string of the molecule is CNCc1c(F)ccc(S(=O)(=O)NCCCC2CC2)c1F. The Labute approximate surface area is 124 Å². The van der Waals surface area contributed by atoms with Gasteiger partial charge in [0.1, 0.15) is 10.7 Å². The van der Waals surface area contributed by atoms with Crippen LogP contribution >= 0.6 is 0 Å². The molecule has 1 fully saturated rings. The Morgan fingerprint density at radius 3 is 2.62 bits per heavy atom. The van der Waals surface area contributed by atoms with Crippen molar-refractivity contribution in [3.63, 3.8) is 0 Å². The topological polar surface area (TPSA) is 58.2 Å². The lowest BCUT2D eigenvalue weighted by Gasteiger charge is -2.11. The molecule has 0 aromatic heterocycles. The average Bonchev–Trinajstić information content (AvgIpc) is 3.23. The third-order valence-electron chi connectivity index (χ3n) is 3.57. The standard InChI is InChI=1S/C14H20F2N2O2S/c1-17-9-11-12(15)6-7-13(14(11)16)21(19,20)18-8-2-3-10-4-5-10/h6-7,10,17-18H,2-5,8-9H2,1H3. The second-order valence-corrected chi connectivity index (χ2v) is 7.09. The van der Waals surface area contributed by atoms with E-state index in [1.165, 1.54) is 19.9 Å². The van der Waals surface area contributed by atoms with Crippen molar-refractivity contribution < 1.29 is 17.2 Å². The Morgan fingerprint density at radius 1 is 1.29 bits per heavy atom. The molecule has 0 amide bonds. The van der Waals surface area contributed by atoms with Crippen molar-refractivity contribution in [3.05, 3.63) is 29.3 Å². The van der Waals surface area contributed by atoms with Crippen LogP contribution in [0.2, 0.25) is 0 Å². The molecule has 0 radical (unpaired) electrons. The van der Waals surface area contributed by atoms with Crippen LogP contribution in [0.25, 0.3) is 0 Å². The number of benzene rings is 1. The van der Waals surface area contributed by atoms with E-state index in [1.807, 2.05) is 0 Å². The highest BCUT2D eigenvalue weighted by molar-refractivity contribution is 7.89. The van der Waals surface area contributed by atoms with Gasteiger partial charge in [-0.05, 0) is 37.9 Å². The zero-order chi connectivity index (χ0) is 15.5. The molecule has 0 spiro atoms. The van der Waals surface area contributed by atoms with Crippen molar-refractivity contribution in [1.82, 2.24) is 10.0 Å². The fraction of sp³-hybridized carbons (Fsp3) is 0.571. The van der Waals surface area contributed by atoms with Crippen LogP contribution in [-0.2, 0) is 16.6 Å². The van der Waals surface area contributed by atoms with Gasteiger partial charge < -0.3 is 5.32 Å². The normalized spacial score (nSPS) is 15.4. The Hall–Kier alpha value is -1.05. The summed E-state index contributed by atoms with van der Waals surface area (Å²) in [6.07, 6.45) is 4.15. The molecule has 0 aliphatic heterocycles. The summed E-state index contributed by atoms with van der Waals surface area (Å²) < 4.78 is 54.2. The van der Waals surface area contributed by atoms with Crippen LogP contribution < -0.4 is 10.0 Å². The van der Waals surface area contributed by atoms with Crippen LogP contribution in [0.1, 0.15) is 31.2 Å². The Balaban J connectivity index is 2.08. The van der Waals surface area contributed by atoms with Crippen molar-refractivity contribution in [2.24, 2.45) is 5.92 Å². The molecule has 7 heteroatoms. The van der Waals surface area contributed by atoms with Crippen LogP contribution in [0.3, 0.4) is 0 Å². The van der Waals surface area contributed by atoms with Gasteiger partial charge in [0.25, 0.3) is 0 Å². The highest BCUT2D eigenvalue weighted by Crippen LogP contribution is 2.33. The molecule has 0 atom stereocenters. The molecule has 0 saturated heterocycles. The number of nitrogens with one attached hydrogen (secondary N) is 2. The summed E-state index contributed by atoms with van der Waals surface area (Å²) in [6.45, 7) is 0.208. The van der Waals surface area contributed by atoms with E-state index in [0.29, 0.717) is 0 Å². The van der Waals surface area contributed by atoms with Crippen molar-refractivity contribution in [1.29, 1.82) is 0 Å². The Morgan fingerprint density at radius 2 is 2.00 bits per heavy atom. The van der Waals surface area contributed by atoms with Gasteiger partial charge in [-0.3, -0.25) is 0 Å². The fourth-order valence-corrected chi connectivity index (χ4v) is 3.38. The highest BCUT2D eigenvalue weighted by Gasteiger charge is 2.24. The highest BCUT2D eigenvalue weighted by atomic mass is 32.2. The van der Waals surface area contributed by atoms with Gasteiger partial charge in [0.15, 0.2) is 5.82 Å². The first kappa shape index (κ1) is 16.3. The summed E-state index contributed by atoms with van der Waals surface area (Å²) in [4.78, 5) is -0.499. The molecule has 1 aliphatic carbocycles. The van der Waals surface area contributed by atoms with Crippen molar-refractivity contribution in [2.75, 3.05) is 13.6 Å². The second kappa shape index (κ2) is 6.81. The largest absolute Gasteiger partial charge is 0.315 e. The van der Waals surface area contributed by atoms with Gasteiger partial charge >= 0.3 is 0 Å². The molecular weight excluding hydrogens is 298 g/mol. The minimum atomic E-state index is -3.95. The minimum absolute atomic E-state index is 0.0668. The maximum absolute atomic E-state index is 14.2. The molecule has 0 unspecified atom stereocenters. The summed E-state index contributed by atoms with van der Waals surface area (Å²) in [5, 5.41) is 2.62. The van der Waals surface area contributed by atoms with E-state index in [9.17, 15) is 17.2 Å². The molecular formula is C14H20F2N2O2S. The summed E-state index contributed by atoms with van der Waals surface area (Å²) in [6, 6.07) is 1.95. The van der Waals surface area contributed by atoms with E-state index in [4.69, 9.17) is 0 Å². The lowest BCUT2D eigenvalue weighted by Crippen LogP contribution is -2.26. The first-order valence-corrected chi connectivity index (χ1v) is 8.55. The number of rotatable bonds is 8. The van der Waals surface area contributed by atoms with Gasteiger partial charge in [-0.2, -0.15) is 0 Å². The molecule has 118 valence electrons. The molecule has 0 heterocycles. The maximum Gasteiger partial charge on any atom is 0.243 e. The predicted octanol–water partition coefficient (Wildman–Crippen LogP) is 2.15. The minimum Gasteiger partial charge on any atom is -0.315 e. The van der Waals surface area contributed by atoms with E-state index in [-0.39, 0.29) is 18.7 Å². The molecule has 2 N–H and O–H groups in total. The lowest BCUT2D eigenvalue weighted by molar-refractivity contribution is 0.517. The second-order valence-electron chi connectivity index (χ2n) is 5.35. The summed E-state index contributed by atoms with van der Waals surface area (Å²) in [7, 11) is -2.41. The molecule has 1 aromatic carbocycles. The molecule has 21 heavy (non-hydrogen) atoms. The van der Waals surface area contributed by atoms with E-state index < -0.39 is 26.6 Å². The number of hydrogen-bond donors (Lipinski definition) is 2. The third kappa shape index (κ3) is 4.21. The monoisotopic (exact) mass is 318 g/mol. The van der Waals surface area contributed by atoms with E-state index >= 15 is 0 Å². The van der Waals surface area contributed by atoms with E-state index in [2.05, 4.69) is 10.0 Å². The molecule has 0 bridgehead atoms. The van der Waals surface area contributed by atoms with Crippen molar-refractivity contribution in [2.45, 2.75) is 37.1 Å². The number of halogens is 2. The Bertz CT molecular complexity index is 601. The summed E-state index contributed by atoms with van der Waals surface area (Å²) >= 11 is 0. The first-order chi connectivity index (χ1) is 9.95. The molecule has 1 aromatic rings. The van der Waals surface area contributed by atoms with E-state index in [1.54, 1.807) is 0 Å². The van der Waals surface area contributed by atoms with Gasteiger partial charge in [-0.25, -0.2) is 21.9 Å². The summed E-state index contributed by atoms with van der Waals surface area (Å²) in [5.74, 6) is -1.06. The van der Waals surface area contributed by atoms with Gasteiger partial charge in [0.2, 0.25) is 10.0 Å². The van der Waals surface area contributed by atoms with Crippen LogP contribution in [0, 0.1) is 17.6 Å². The predicted molar refractivity (Wildman–Crippen MR) is 76.3 cm³/mol. The van der Waals surface area contributed by atoms with Crippen LogP contribution in [-0.4, -0.2) is 22.0 Å². The van der Waals surface area contributed by atoms with Crippen molar-refractivity contribution in [3.8, 4) is 0 Å². The fourth-order valence-electron chi connectivity index (χ4n) is 2.20. The van der Waals surface area contributed by atoms with Gasteiger partial charge in [-0.1, -0.05) is 12.8 Å². The van der Waals surface area contributed by atoms with Gasteiger partial charge in [0, 0.05) is 18.7 Å². The lowest BCUT2D eigenvalue weighted by atomic mass is 10.2. The zero-order valence-electron chi connectivity index (χ0n) is 12.0. The summed E-state index contributed by atoms with van der Waals surface area (Å²) in [5.41, 5.74) is -0.265. The Kier molecular flexibility index (Phi) is 5.29. The third-order valence-corrected chi connectivity index (χ3v) is 5.05. The zero-order valence-corrected chi connectivity index (χ0v) is 12.8. The van der Waals surface area contributed by atoms with Crippen molar-refractivity contribution >= 4 is 10.0 Å². The molecule has 1 aliphatic rings. The van der Waals surface area contributed by atoms with Gasteiger partial charge in [0.05, 0.1) is 0 Å². The first-order valence-electron chi connectivity index (χ1n) is 7.07. The van der Waals surface area contributed by atoms with Crippen LogP contribution in [0.4, 0.5) is 8.78 Å². The number of hydrogen-bond acceptors (Lipinski definition) is 3. The number of sulfonamides is 1. The molecule has 1 saturated carbocycles. The molecule has 2 rings (SSSR count). The molecule has 4 nitrogen and oxygen atoms in total. The van der Waals surface area contributed by atoms with Crippen LogP contribution in [0.15, 0.2) is 17.0 Å². The van der Waals surface area contributed by atoms with Gasteiger partial charge in [-0.15, -0.1) is 0 Å². The van der Waals surface area contributed by atoms with E-state index in [0.717, 1.165) is 30.9 Å². The van der Waals surface area contributed by atoms with Crippen LogP contribution in [0.5, 0.6) is 0 Å². The smallest absolute Gasteiger partial charge is 0.243 e. The average molecular weight is 318 g/mol. The maximum atomic E-state index is 14.2. The quantitative estimate of drug-likeness (QED) is 0.722.